The quantitative estimate of drug-likeness (QED) is 0.405. The number of likely N-dealkylation sites (tertiary alicyclic amines) is 1. The first-order valence-corrected chi connectivity index (χ1v) is 12.4. The molecular weight excluding hydrogens is 466 g/mol. The zero-order valence-corrected chi connectivity index (χ0v) is 20.1. The molecule has 5 N–H and O–H groups in total. The molecule has 192 valence electrons. The van der Waals surface area contributed by atoms with E-state index in [0.29, 0.717) is 24.3 Å². The van der Waals surface area contributed by atoms with Crippen molar-refractivity contribution in [2.75, 3.05) is 18.8 Å². The Morgan fingerprint density at radius 2 is 1.94 bits per heavy atom. The fourth-order valence-electron chi connectivity index (χ4n) is 4.68. The molecule has 3 aliphatic rings. The molecule has 4 atom stereocenters. The largest absolute Gasteiger partial charge is 0.387 e. The minimum atomic E-state index is -1.40. The van der Waals surface area contributed by atoms with Crippen molar-refractivity contribution in [2.24, 2.45) is 5.92 Å². The number of imidazole rings is 1. The fourth-order valence-corrected chi connectivity index (χ4v) is 4.68. The Morgan fingerprint density at radius 1 is 1.19 bits per heavy atom. The van der Waals surface area contributed by atoms with Crippen LogP contribution >= 0.6 is 0 Å². The first kappa shape index (κ1) is 24.4. The van der Waals surface area contributed by atoms with Crippen LogP contribution in [0.3, 0.4) is 0 Å². The molecule has 2 aromatic rings. The van der Waals surface area contributed by atoms with Crippen LogP contribution in [0.1, 0.15) is 57.5 Å². The molecule has 2 aromatic heterocycles. The number of nitrogens with one attached hydrogen (secondary N) is 1. The minimum Gasteiger partial charge on any atom is -0.387 e. The number of nitrogens with zero attached hydrogens (tertiary/aromatic N) is 5. The van der Waals surface area contributed by atoms with Crippen LogP contribution in [0, 0.1) is 17.8 Å². The molecule has 1 aliphatic carbocycles. The Morgan fingerprint density at radius 3 is 2.64 bits per heavy atom. The number of carbonyl (C=O) groups excluding carboxylic acids is 2. The number of amides is 2. The highest BCUT2D eigenvalue weighted by Crippen LogP contribution is 2.33. The lowest BCUT2D eigenvalue weighted by atomic mass is 9.93. The van der Waals surface area contributed by atoms with Crippen LogP contribution in [-0.2, 0) is 14.3 Å². The summed E-state index contributed by atoms with van der Waals surface area (Å²) in [6.07, 6.45) is 1.12. The van der Waals surface area contributed by atoms with Crippen molar-refractivity contribution in [3.8, 4) is 11.8 Å². The highest BCUT2D eigenvalue weighted by atomic mass is 16.6. The number of piperidine rings is 1. The van der Waals surface area contributed by atoms with Crippen LogP contribution < -0.4 is 11.1 Å². The number of carbonyl (C=O) groups is 2. The summed E-state index contributed by atoms with van der Waals surface area (Å²) >= 11 is 0. The molecule has 0 radical (unpaired) electrons. The molecule has 0 spiro atoms. The van der Waals surface area contributed by atoms with Gasteiger partial charge in [0, 0.05) is 32.0 Å². The molecular formula is C24H31N7O5. The van der Waals surface area contributed by atoms with E-state index in [1.807, 2.05) is 11.8 Å². The number of fused-ring (bicyclic) bond motifs is 1. The Bertz CT molecular complexity index is 1210. The highest BCUT2D eigenvalue weighted by Gasteiger charge is 2.48. The third kappa shape index (κ3) is 4.86. The van der Waals surface area contributed by atoms with E-state index in [1.54, 1.807) is 0 Å². The number of nitrogens with two attached hydrogens (primary N) is 1. The summed E-state index contributed by atoms with van der Waals surface area (Å²) in [5, 5.41) is 23.8. The summed E-state index contributed by atoms with van der Waals surface area (Å²) in [5.74, 6) is 6.55. The second-order valence-corrected chi connectivity index (χ2v) is 9.65. The van der Waals surface area contributed by atoms with Gasteiger partial charge in [-0.3, -0.25) is 14.2 Å². The van der Waals surface area contributed by atoms with Crippen LogP contribution in [-0.4, -0.2) is 83.9 Å². The molecule has 5 rings (SSSR count). The molecule has 0 bridgehead atoms. The highest BCUT2D eigenvalue weighted by molar-refractivity contribution is 5.83. The summed E-state index contributed by atoms with van der Waals surface area (Å²) in [7, 11) is 0. The SMILES string of the molecule is CCC(=O)N1CCC(CC#Cc2nc(N)c3ncn(C4OC(C(=O)NC5CC5)C(O)C4O)c3n2)CC1. The van der Waals surface area contributed by atoms with Gasteiger partial charge in [-0.1, -0.05) is 12.8 Å². The van der Waals surface area contributed by atoms with Crippen LogP contribution in [0.15, 0.2) is 6.33 Å². The van der Waals surface area contributed by atoms with Crippen LogP contribution in [0.4, 0.5) is 5.82 Å². The summed E-state index contributed by atoms with van der Waals surface area (Å²) < 4.78 is 7.19. The van der Waals surface area contributed by atoms with Crippen molar-refractivity contribution in [1.29, 1.82) is 0 Å². The molecule has 36 heavy (non-hydrogen) atoms. The van der Waals surface area contributed by atoms with Crippen molar-refractivity contribution in [1.82, 2.24) is 29.7 Å². The minimum absolute atomic E-state index is 0.0959. The number of hydrogen-bond acceptors (Lipinski definition) is 9. The van der Waals surface area contributed by atoms with Crippen molar-refractivity contribution in [2.45, 2.75) is 76.0 Å². The first-order chi connectivity index (χ1) is 17.4. The molecule has 2 aliphatic heterocycles. The van der Waals surface area contributed by atoms with E-state index in [-0.39, 0.29) is 29.2 Å². The number of aliphatic hydroxyl groups is 2. The molecule has 0 aromatic carbocycles. The lowest BCUT2D eigenvalue weighted by Gasteiger charge is -2.31. The van der Waals surface area contributed by atoms with Crippen molar-refractivity contribution < 1.29 is 24.5 Å². The lowest BCUT2D eigenvalue weighted by Crippen LogP contribution is -2.43. The molecule has 12 heteroatoms. The maximum Gasteiger partial charge on any atom is 0.252 e. The summed E-state index contributed by atoms with van der Waals surface area (Å²) in [6.45, 7) is 3.38. The van der Waals surface area contributed by atoms with E-state index in [2.05, 4.69) is 32.1 Å². The summed E-state index contributed by atoms with van der Waals surface area (Å²) in [4.78, 5) is 39.1. The van der Waals surface area contributed by atoms with Crippen molar-refractivity contribution >= 4 is 28.8 Å². The number of aliphatic hydroxyl groups excluding tert-OH is 2. The van der Waals surface area contributed by atoms with Gasteiger partial charge < -0.3 is 30.9 Å². The van der Waals surface area contributed by atoms with Gasteiger partial charge in [-0.25, -0.2) is 15.0 Å². The zero-order chi connectivity index (χ0) is 25.4. The molecule has 2 amide bonds. The average molecular weight is 498 g/mol. The summed E-state index contributed by atoms with van der Waals surface area (Å²) in [6, 6.07) is 0.0959. The fraction of sp³-hybridized carbons (Fsp3) is 0.625. The summed E-state index contributed by atoms with van der Waals surface area (Å²) in [5.41, 5.74) is 6.69. The van der Waals surface area contributed by atoms with Gasteiger partial charge in [0.2, 0.25) is 11.7 Å². The van der Waals surface area contributed by atoms with Crippen LogP contribution in [0.2, 0.25) is 0 Å². The predicted molar refractivity (Wildman–Crippen MR) is 128 cm³/mol. The number of rotatable bonds is 5. The zero-order valence-electron chi connectivity index (χ0n) is 20.1. The Balaban J connectivity index is 1.29. The van der Waals surface area contributed by atoms with Gasteiger partial charge in [-0.05, 0) is 37.5 Å². The van der Waals surface area contributed by atoms with Crippen LogP contribution in [0.25, 0.3) is 11.2 Å². The molecule has 2 saturated heterocycles. The molecule has 4 unspecified atom stereocenters. The lowest BCUT2D eigenvalue weighted by molar-refractivity contribution is -0.137. The topological polar surface area (TPSA) is 169 Å². The van der Waals surface area contributed by atoms with Gasteiger partial charge in [-0.15, -0.1) is 0 Å². The van der Waals surface area contributed by atoms with E-state index < -0.39 is 30.4 Å². The van der Waals surface area contributed by atoms with E-state index in [4.69, 9.17) is 10.5 Å². The third-order valence-corrected chi connectivity index (χ3v) is 7.00. The van der Waals surface area contributed by atoms with Gasteiger partial charge in [0.25, 0.3) is 5.91 Å². The maximum absolute atomic E-state index is 12.4. The normalized spacial score (nSPS) is 26.6. The standard InChI is InChI=1S/C24H31N7O5/c1-2-16(32)30-10-8-13(9-11-30)4-3-5-15-28-21(25)17-22(29-15)31(12-26-17)24-19(34)18(33)20(36-24)23(35)27-14-6-7-14/h12-14,18-20,24,33-34H,2,4,6-11H2,1H3,(H,27,35)(H2,25,28,29). The van der Waals surface area contributed by atoms with E-state index in [9.17, 15) is 19.8 Å². The molecule has 4 heterocycles. The molecule has 12 nitrogen and oxygen atoms in total. The second-order valence-electron chi connectivity index (χ2n) is 9.65. The second kappa shape index (κ2) is 10.0. The number of anilines is 1. The van der Waals surface area contributed by atoms with E-state index >= 15 is 0 Å². The van der Waals surface area contributed by atoms with E-state index in [0.717, 1.165) is 38.8 Å². The maximum atomic E-state index is 12.4. The van der Waals surface area contributed by atoms with Gasteiger partial charge in [0.15, 0.2) is 23.8 Å². The molecule has 3 fully saturated rings. The van der Waals surface area contributed by atoms with Gasteiger partial charge in [-0.2, -0.15) is 0 Å². The van der Waals surface area contributed by atoms with E-state index in [1.165, 1.54) is 10.9 Å². The number of nitrogen functional groups attached to an aromatic ring is 1. The predicted octanol–water partition coefficient (Wildman–Crippen LogP) is -0.303. The smallest absolute Gasteiger partial charge is 0.252 e. The average Bonchev–Trinajstić information content (AvgIpc) is 3.51. The van der Waals surface area contributed by atoms with Gasteiger partial charge >= 0.3 is 0 Å². The van der Waals surface area contributed by atoms with Crippen molar-refractivity contribution in [3.05, 3.63) is 12.2 Å². The number of ether oxygens (including phenoxy) is 1. The van der Waals surface area contributed by atoms with Crippen molar-refractivity contribution in [3.63, 3.8) is 0 Å². The molecule has 1 saturated carbocycles. The Hall–Kier alpha value is -3.27. The van der Waals surface area contributed by atoms with Gasteiger partial charge in [0.1, 0.15) is 17.7 Å². The van der Waals surface area contributed by atoms with Gasteiger partial charge in [0.05, 0.1) is 6.33 Å². The number of hydrogen-bond donors (Lipinski definition) is 4. The third-order valence-electron chi connectivity index (χ3n) is 7.00. The Labute approximate surface area is 208 Å². The first-order valence-electron chi connectivity index (χ1n) is 12.4. The number of aromatic nitrogens is 4. The monoisotopic (exact) mass is 497 g/mol. The Kier molecular flexibility index (Phi) is 6.79. The van der Waals surface area contributed by atoms with Crippen LogP contribution in [0.5, 0.6) is 0 Å².